The fourth-order valence-electron chi connectivity index (χ4n) is 4.28. The van der Waals surface area contributed by atoms with Gasteiger partial charge in [0.05, 0.1) is 6.61 Å². The Morgan fingerprint density at radius 1 is 1.10 bits per heavy atom. The van der Waals surface area contributed by atoms with Gasteiger partial charge >= 0.3 is 6.03 Å². The van der Waals surface area contributed by atoms with E-state index < -0.39 is 35.8 Å². The van der Waals surface area contributed by atoms with Gasteiger partial charge in [-0.3, -0.25) is 14.4 Å². The Labute approximate surface area is 230 Å². The molecule has 2 N–H and O–H groups in total. The fraction of sp³-hybridized carbons (Fsp3) is 0.321. The summed E-state index contributed by atoms with van der Waals surface area (Å²) < 4.78 is 10.9. The second kappa shape index (κ2) is 12.6. The van der Waals surface area contributed by atoms with Crippen molar-refractivity contribution in [2.24, 2.45) is 0 Å². The summed E-state index contributed by atoms with van der Waals surface area (Å²) in [5.74, 6) is -1.29. The molecular formula is C28H30N4O6S. The summed E-state index contributed by atoms with van der Waals surface area (Å²) in [5, 5.41) is 7.16. The molecule has 1 fully saturated rings. The Morgan fingerprint density at radius 3 is 2.46 bits per heavy atom. The number of anilines is 1. The Hall–Kier alpha value is -4.09. The molecule has 1 aliphatic heterocycles. The molecule has 0 radical (unpaired) electrons. The molecule has 11 heteroatoms. The van der Waals surface area contributed by atoms with E-state index in [0.717, 1.165) is 21.8 Å². The van der Waals surface area contributed by atoms with Gasteiger partial charge in [-0.1, -0.05) is 49.4 Å². The van der Waals surface area contributed by atoms with Crippen molar-refractivity contribution in [2.75, 3.05) is 25.1 Å². The molecule has 2 aromatic carbocycles. The molecule has 0 saturated carbocycles. The molecule has 0 unspecified atom stereocenters. The largest absolute Gasteiger partial charge is 0.491 e. The minimum Gasteiger partial charge on any atom is -0.491 e. The lowest BCUT2D eigenvalue weighted by Crippen LogP contribution is -2.50. The number of nitrogens with one attached hydrogen (secondary N) is 2. The minimum atomic E-state index is -1.17. The van der Waals surface area contributed by atoms with Crippen molar-refractivity contribution in [3.63, 3.8) is 0 Å². The van der Waals surface area contributed by atoms with Gasteiger partial charge in [-0.2, -0.15) is 0 Å². The predicted molar refractivity (Wildman–Crippen MR) is 146 cm³/mol. The van der Waals surface area contributed by atoms with Crippen molar-refractivity contribution in [1.82, 2.24) is 15.2 Å². The van der Waals surface area contributed by atoms with Gasteiger partial charge < -0.3 is 20.1 Å². The van der Waals surface area contributed by atoms with E-state index in [0.29, 0.717) is 31.1 Å². The van der Waals surface area contributed by atoms with Crippen molar-refractivity contribution < 1.29 is 28.7 Å². The van der Waals surface area contributed by atoms with Crippen LogP contribution in [0.3, 0.4) is 0 Å². The first kappa shape index (κ1) is 27.9. The van der Waals surface area contributed by atoms with Gasteiger partial charge in [0, 0.05) is 24.8 Å². The van der Waals surface area contributed by atoms with Crippen LogP contribution in [0.25, 0.3) is 0 Å². The number of rotatable bonds is 12. The standard InChI is InChI=1S/C28H30N4O6S/c1-4-37-14-15-38-21-12-10-20(11-13-21)23-26(35)32(28(36)30-23)24(17(2)19-8-6-5-7-9-19)25(34)31-27-29-22(16-39-27)18(3)33/h5-13,16-17,23-24H,4,14-15H2,1-3H3,(H,30,36)(H,29,31,34)/t17-,23+,24-/m0/s1. The highest BCUT2D eigenvalue weighted by Gasteiger charge is 2.47. The maximum Gasteiger partial charge on any atom is 0.325 e. The zero-order valence-corrected chi connectivity index (χ0v) is 22.7. The zero-order chi connectivity index (χ0) is 27.9. The van der Waals surface area contributed by atoms with Crippen molar-refractivity contribution in [1.29, 1.82) is 0 Å². The van der Waals surface area contributed by atoms with Crippen molar-refractivity contribution in [2.45, 2.75) is 38.8 Å². The number of carbonyl (C=O) groups excluding carboxylic acids is 4. The molecule has 10 nitrogen and oxygen atoms in total. The molecule has 39 heavy (non-hydrogen) atoms. The van der Waals surface area contributed by atoms with Gasteiger partial charge in [0.1, 0.15) is 30.1 Å². The van der Waals surface area contributed by atoms with Gasteiger partial charge in [0.15, 0.2) is 10.9 Å². The fourth-order valence-corrected chi connectivity index (χ4v) is 5.03. The van der Waals surface area contributed by atoms with Gasteiger partial charge in [0.25, 0.3) is 5.91 Å². The number of thiazole rings is 1. The maximum atomic E-state index is 13.6. The number of hydrogen-bond donors (Lipinski definition) is 2. The molecule has 4 rings (SSSR count). The summed E-state index contributed by atoms with van der Waals surface area (Å²) in [4.78, 5) is 57.2. The third-order valence-corrected chi connectivity index (χ3v) is 7.08. The Balaban J connectivity index is 1.57. The quantitative estimate of drug-likeness (QED) is 0.197. The molecule has 0 aliphatic carbocycles. The van der Waals surface area contributed by atoms with Crippen LogP contribution in [0, 0.1) is 0 Å². The summed E-state index contributed by atoms with van der Waals surface area (Å²) in [6, 6.07) is 13.2. The van der Waals surface area contributed by atoms with E-state index in [-0.39, 0.29) is 16.6 Å². The number of ketones is 1. The molecular weight excluding hydrogens is 520 g/mol. The first-order chi connectivity index (χ1) is 18.8. The van der Waals surface area contributed by atoms with Crippen LogP contribution in [0.5, 0.6) is 5.75 Å². The molecule has 0 bridgehead atoms. The summed E-state index contributed by atoms with van der Waals surface area (Å²) in [7, 11) is 0. The number of urea groups is 1. The van der Waals surface area contributed by atoms with Crippen LogP contribution in [-0.2, 0) is 14.3 Å². The van der Waals surface area contributed by atoms with Crippen LogP contribution in [0.1, 0.15) is 54.3 Å². The maximum absolute atomic E-state index is 13.6. The third kappa shape index (κ3) is 6.50. The van der Waals surface area contributed by atoms with Crippen LogP contribution < -0.4 is 15.4 Å². The number of carbonyl (C=O) groups is 4. The molecule has 3 aromatic rings. The highest BCUT2D eigenvalue weighted by atomic mass is 32.1. The van der Waals surface area contributed by atoms with E-state index in [1.54, 1.807) is 36.6 Å². The first-order valence-electron chi connectivity index (χ1n) is 12.6. The number of nitrogens with zero attached hydrogens (tertiary/aromatic N) is 2. The lowest BCUT2D eigenvalue weighted by molar-refractivity contribution is -0.134. The van der Waals surface area contributed by atoms with E-state index in [2.05, 4.69) is 15.6 Å². The lowest BCUT2D eigenvalue weighted by Gasteiger charge is -2.29. The topological polar surface area (TPSA) is 127 Å². The van der Waals surface area contributed by atoms with Crippen molar-refractivity contribution in [3.8, 4) is 5.75 Å². The van der Waals surface area contributed by atoms with Crippen LogP contribution in [0.2, 0.25) is 0 Å². The number of hydrogen-bond acceptors (Lipinski definition) is 8. The second-order valence-electron chi connectivity index (χ2n) is 8.93. The molecule has 2 heterocycles. The summed E-state index contributed by atoms with van der Waals surface area (Å²) in [5.41, 5.74) is 1.56. The van der Waals surface area contributed by atoms with Gasteiger partial charge in [-0.25, -0.2) is 14.7 Å². The Kier molecular flexibility index (Phi) is 9.05. The molecule has 3 atom stereocenters. The van der Waals surface area contributed by atoms with Gasteiger partial charge in [-0.05, 0) is 30.2 Å². The van der Waals surface area contributed by atoms with Gasteiger partial charge in [-0.15, -0.1) is 11.3 Å². The number of ether oxygens (including phenoxy) is 2. The van der Waals surface area contributed by atoms with E-state index in [1.807, 2.05) is 37.3 Å². The summed E-state index contributed by atoms with van der Waals surface area (Å²) >= 11 is 1.09. The smallest absolute Gasteiger partial charge is 0.325 e. The molecule has 4 amide bonds. The Bertz CT molecular complexity index is 1330. The zero-order valence-electron chi connectivity index (χ0n) is 21.9. The minimum absolute atomic E-state index is 0.207. The summed E-state index contributed by atoms with van der Waals surface area (Å²) in [6.07, 6.45) is 0. The average Bonchev–Trinajstić information content (AvgIpc) is 3.52. The number of benzene rings is 2. The predicted octanol–water partition coefficient (Wildman–Crippen LogP) is 4.16. The third-order valence-electron chi connectivity index (χ3n) is 6.33. The number of imide groups is 1. The number of aromatic nitrogens is 1. The van der Waals surface area contributed by atoms with E-state index in [9.17, 15) is 19.2 Å². The van der Waals surface area contributed by atoms with Gasteiger partial charge in [0.2, 0.25) is 5.91 Å². The monoisotopic (exact) mass is 550 g/mol. The van der Waals surface area contributed by atoms with E-state index >= 15 is 0 Å². The van der Waals surface area contributed by atoms with Crippen molar-refractivity contribution in [3.05, 3.63) is 76.8 Å². The SMILES string of the molecule is CCOCCOc1ccc([C@H]2NC(=O)N([C@H](C(=O)Nc3nc(C(C)=O)cs3)[C@@H](C)c3ccccc3)C2=O)cc1. The molecule has 1 saturated heterocycles. The Morgan fingerprint density at radius 2 is 1.82 bits per heavy atom. The molecule has 0 spiro atoms. The van der Waals surface area contributed by atoms with Crippen LogP contribution in [0.4, 0.5) is 9.93 Å². The first-order valence-corrected chi connectivity index (χ1v) is 13.4. The molecule has 1 aliphatic rings. The number of Topliss-reactive ketones (excluding diaryl/α,β-unsaturated/α-hetero) is 1. The normalized spacial score (nSPS) is 16.5. The highest BCUT2D eigenvalue weighted by molar-refractivity contribution is 7.14. The second-order valence-corrected chi connectivity index (χ2v) is 9.79. The average molecular weight is 551 g/mol. The molecule has 204 valence electrons. The lowest BCUT2D eigenvalue weighted by atomic mass is 9.91. The van der Waals surface area contributed by atoms with Crippen LogP contribution in [-0.4, -0.2) is 59.4 Å². The van der Waals surface area contributed by atoms with E-state index in [1.165, 1.54) is 6.92 Å². The van der Waals surface area contributed by atoms with Crippen LogP contribution in [0.15, 0.2) is 60.0 Å². The highest BCUT2D eigenvalue weighted by Crippen LogP contribution is 2.32. The van der Waals surface area contributed by atoms with Crippen molar-refractivity contribution >= 4 is 40.1 Å². The number of amides is 4. The summed E-state index contributed by atoms with van der Waals surface area (Å²) in [6.45, 7) is 6.53. The van der Waals surface area contributed by atoms with E-state index in [4.69, 9.17) is 9.47 Å². The molecule has 1 aromatic heterocycles. The van der Waals surface area contributed by atoms with Crippen LogP contribution >= 0.6 is 11.3 Å².